The van der Waals surface area contributed by atoms with Crippen molar-refractivity contribution in [3.63, 3.8) is 0 Å². The second-order valence-electron chi connectivity index (χ2n) is 8.27. The van der Waals surface area contributed by atoms with Gasteiger partial charge in [-0.3, -0.25) is 0 Å². The second kappa shape index (κ2) is 8.31. The lowest BCUT2D eigenvalue weighted by molar-refractivity contribution is 0.0200. The van der Waals surface area contributed by atoms with E-state index in [0.717, 1.165) is 12.8 Å². The molecule has 0 aromatic rings. The van der Waals surface area contributed by atoms with Gasteiger partial charge in [-0.25, -0.2) is 4.79 Å². The zero-order valence-corrected chi connectivity index (χ0v) is 15.5. The van der Waals surface area contributed by atoms with Crippen LogP contribution in [0.1, 0.15) is 47.5 Å². The molecular formula is C17H34N2O4. The van der Waals surface area contributed by atoms with Crippen LogP contribution in [-0.4, -0.2) is 67.2 Å². The average Bonchev–Trinajstić information content (AvgIpc) is 2.53. The van der Waals surface area contributed by atoms with E-state index < -0.39 is 11.7 Å². The summed E-state index contributed by atoms with van der Waals surface area (Å²) in [4.78, 5) is 14.1. The third kappa shape index (κ3) is 7.99. The molecule has 1 fully saturated rings. The number of aliphatic hydroxyl groups is 1. The van der Waals surface area contributed by atoms with Crippen molar-refractivity contribution >= 4 is 6.09 Å². The van der Waals surface area contributed by atoms with E-state index in [9.17, 15) is 9.90 Å². The fourth-order valence-corrected chi connectivity index (χ4v) is 2.95. The molecule has 0 spiro atoms. The van der Waals surface area contributed by atoms with Gasteiger partial charge in [0.1, 0.15) is 5.60 Å². The predicted octanol–water partition coefficient (Wildman–Crippen LogP) is 2.01. The first-order valence-corrected chi connectivity index (χ1v) is 8.41. The highest BCUT2D eigenvalue weighted by Crippen LogP contribution is 2.29. The van der Waals surface area contributed by atoms with E-state index in [4.69, 9.17) is 9.47 Å². The van der Waals surface area contributed by atoms with Gasteiger partial charge >= 0.3 is 6.09 Å². The lowest BCUT2D eigenvalue weighted by Crippen LogP contribution is -2.41. The van der Waals surface area contributed by atoms with Crippen LogP contribution in [0.15, 0.2) is 0 Å². The highest BCUT2D eigenvalue weighted by molar-refractivity contribution is 5.68. The topological polar surface area (TPSA) is 71.0 Å². The number of aliphatic hydroxyl groups excluding tert-OH is 1. The summed E-state index contributed by atoms with van der Waals surface area (Å²) >= 11 is 0. The van der Waals surface area contributed by atoms with E-state index in [2.05, 4.69) is 19.2 Å². The zero-order chi connectivity index (χ0) is 17.7. The molecule has 1 aliphatic heterocycles. The Hall–Kier alpha value is -0.850. The Bertz CT molecular complexity index is 379. The number of amides is 1. The monoisotopic (exact) mass is 330 g/mol. The third-order valence-electron chi connectivity index (χ3n) is 3.82. The van der Waals surface area contributed by atoms with Crippen LogP contribution < -0.4 is 5.32 Å². The maximum absolute atomic E-state index is 12.3. The van der Waals surface area contributed by atoms with Gasteiger partial charge in [-0.2, -0.15) is 0 Å². The molecular weight excluding hydrogens is 296 g/mol. The molecule has 136 valence electrons. The van der Waals surface area contributed by atoms with Crippen molar-refractivity contribution in [1.29, 1.82) is 0 Å². The molecule has 0 aromatic heterocycles. The summed E-state index contributed by atoms with van der Waals surface area (Å²) in [7, 11) is 1.58. The van der Waals surface area contributed by atoms with Crippen LogP contribution in [0.4, 0.5) is 4.79 Å². The first kappa shape index (κ1) is 20.2. The highest BCUT2D eigenvalue weighted by Gasteiger charge is 2.33. The van der Waals surface area contributed by atoms with Gasteiger partial charge < -0.3 is 24.8 Å². The SMILES string of the molecule is COCC(O)CNC1CCN(C(=O)OC(C)(C)C)CC(C)(C)C1. The van der Waals surface area contributed by atoms with E-state index in [0.29, 0.717) is 26.2 Å². The fourth-order valence-electron chi connectivity index (χ4n) is 2.95. The number of methoxy groups -OCH3 is 1. The molecule has 0 radical (unpaired) electrons. The number of carbonyl (C=O) groups is 1. The Labute approximate surface area is 140 Å². The molecule has 2 atom stereocenters. The molecule has 6 heteroatoms. The van der Waals surface area contributed by atoms with Gasteiger partial charge in [-0.15, -0.1) is 0 Å². The zero-order valence-electron chi connectivity index (χ0n) is 15.5. The molecule has 1 rings (SSSR count). The largest absolute Gasteiger partial charge is 0.444 e. The van der Waals surface area contributed by atoms with E-state index in [1.165, 1.54) is 0 Å². The van der Waals surface area contributed by atoms with Gasteiger partial charge in [-0.1, -0.05) is 13.8 Å². The van der Waals surface area contributed by atoms with Crippen molar-refractivity contribution in [1.82, 2.24) is 10.2 Å². The standard InChI is InChI=1S/C17H34N2O4/c1-16(2,3)23-15(21)19-8-7-13(9-17(4,5)12-19)18-10-14(20)11-22-6/h13-14,18,20H,7-12H2,1-6H3. The van der Waals surface area contributed by atoms with Gasteiger partial charge in [-0.05, 0) is 39.0 Å². The number of rotatable bonds is 5. The summed E-state index contributed by atoms with van der Waals surface area (Å²) in [6.45, 7) is 12.2. The first-order valence-electron chi connectivity index (χ1n) is 8.41. The van der Waals surface area contributed by atoms with Crippen LogP contribution in [0.2, 0.25) is 0 Å². The molecule has 0 bridgehead atoms. The Morgan fingerprint density at radius 1 is 1.43 bits per heavy atom. The number of hydrogen-bond acceptors (Lipinski definition) is 5. The minimum Gasteiger partial charge on any atom is -0.444 e. The Kier molecular flexibility index (Phi) is 7.29. The minimum atomic E-state index is -0.506. The Morgan fingerprint density at radius 2 is 2.09 bits per heavy atom. The molecule has 1 saturated heterocycles. The van der Waals surface area contributed by atoms with Gasteiger partial charge in [0.2, 0.25) is 0 Å². The van der Waals surface area contributed by atoms with Crippen LogP contribution >= 0.6 is 0 Å². The quantitative estimate of drug-likeness (QED) is 0.807. The first-order chi connectivity index (χ1) is 10.5. The molecule has 0 aliphatic carbocycles. The van der Waals surface area contributed by atoms with Gasteiger partial charge in [0.25, 0.3) is 0 Å². The van der Waals surface area contributed by atoms with Crippen LogP contribution in [0.3, 0.4) is 0 Å². The second-order valence-corrected chi connectivity index (χ2v) is 8.27. The van der Waals surface area contributed by atoms with Gasteiger partial charge in [0, 0.05) is 32.8 Å². The third-order valence-corrected chi connectivity index (χ3v) is 3.82. The Morgan fingerprint density at radius 3 is 2.65 bits per heavy atom. The van der Waals surface area contributed by atoms with E-state index >= 15 is 0 Å². The smallest absolute Gasteiger partial charge is 0.410 e. The highest BCUT2D eigenvalue weighted by atomic mass is 16.6. The van der Waals surface area contributed by atoms with Crippen molar-refractivity contribution in [3.8, 4) is 0 Å². The fraction of sp³-hybridized carbons (Fsp3) is 0.941. The summed E-state index contributed by atoms with van der Waals surface area (Å²) < 4.78 is 10.4. The average molecular weight is 330 g/mol. The van der Waals surface area contributed by atoms with Crippen LogP contribution in [0.25, 0.3) is 0 Å². The van der Waals surface area contributed by atoms with Crippen molar-refractivity contribution in [3.05, 3.63) is 0 Å². The molecule has 1 amide bonds. The molecule has 2 N–H and O–H groups in total. The number of nitrogens with zero attached hydrogens (tertiary/aromatic N) is 1. The summed E-state index contributed by atoms with van der Waals surface area (Å²) in [5, 5.41) is 13.2. The number of nitrogens with one attached hydrogen (secondary N) is 1. The van der Waals surface area contributed by atoms with Crippen molar-refractivity contribution in [2.45, 2.75) is 65.2 Å². The lowest BCUT2D eigenvalue weighted by Gasteiger charge is -2.32. The number of likely N-dealkylation sites (tertiary alicyclic amines) is 1. The van der Waals surface area contributed by atoms with E-state index in [1.807, 2.05) is 20.8 Å². The summed E-state index contributed by atoms with van der Waals surface area (Å²) in [5.74, 6) is 0. The van der Waals surface area contributed by atoms with Crippen LogP contribution in [-0.2, 0) is 9.47 Å². The molecule has 2 unspecified atom stereocenters. The van der Waals surface area contributed by atoms with Crippen molar-refractivity contribution < 1.29 is 19.4 Å². The van der Waals surface area contributed by atoms with Crippen LogP contribution in [0.5, 0.6) is 0 Å². The molecule has 0 aromatic carbocycles. The number of ether oxygens (including phenoxy) is 2. The predicted molar refractivity (Wildman–Crippen MR) is 90.5 cm³/mol. The molecule has 1 heterocycles. The summed E-state index contributed by atoms with van der Waals surface area (Å²) in [6.07, 6.45) is 1.05. The maximum atomic E-state index is 12.3. The minimum absolute atomic E-state index is 0.00270. The summed E-state index contributed by atoms with van der Waals surface area (Å²) in [6, 6.07) is 0.268. The molecule has 0 saturated carbocycles. The number of carbonyl (C=O) groups excluding carboxylic acids is 1. The summed E-state index contributed by atoms with van der Waals surface area (Å²) in [5.41, 5.74) is -0.479. The van der Waals surface area contributed by atoms with Crippen molar-refractivity contribution in [2.75, 3.05) is 33.4 Å². The van der Waals surface area contributed by atoms with Crippen molar-refractivity contribution in [2.24, 2.45) is 5.41 Å². The molecule has 6 nitrogen and oxygen atoms in total. The number of hydrogen-bond donors (Lipinski definition) is 2. The molecule has 1 aliphatic rings. The normalized spacial score (nSPS) is 23.3. The van der Waals surface area contributed by atoms with E-state index in [1.54, 1.807) is 12.0 Å². The van der Waals surface area contributed by atoms with Gasteiger partial charge in [0.15, 0.2) is 0 Å². The Balaban J connectivity index is 2.59. The molecule has 23 heavy (non-hydrogen) atoms. The maximum Gasteiger partial charge on any atom is 0.410 e. The van der Waals surface area contributed by atoms with Gasteiger partial charge in [0.05, 0.1) is 12.7 Å². The van der Waals surface area contributed by atoms with Crippen LogP contribution in [0, 0.1) is 5.41 Å². The lowest BCUT2D eigenvalue weighted by atomic mass is 9.86. The van der Waals surface area contributed by atoms with E-state index in [-0.39, 0.29) is 17.6 Å².